The average Bonchev–Trinajstić information content (AvgIpc) is 3.39. The molecule has 1 aliphatic heterocycles. The Morgan fingerprint density at radius 1 is 1.16 bits per heavy atom. The van der Waals surface area contributed by atoms with Crippen LogP contribution in [0.4, 0.5) is 0 Å². The van der Waals surface area contributed by atoms with Crippen LogP contribution in [0.2, 0.25) is 0 Å². The van der Waals surface area contributed by atoms with E-state index in [1.54, 1.807) is 14.2 Å². The normalized spacial score (nSPS) is 21.2. The number of hydrogen-bond donors (Lipinski definition) is 1. The Morgan fingerprint density at radius 3 is 2.68 bits per heavy atom. The molecule has 0 bridgehead atoms. The first-order valence-corrected chi connectivity index (χ1v) is 10.7. The number of ether oxygens (including phenoxy) is 3. The van der Waals surface area contributed by atoms with Gasteiger partial charge in [0.2, 0.25) is 0 Å². The summed E-state index contributed by atoms with van der Waals surface area (Å²) in [5.74, 6) is 0.734. The van der Waals surface area contributed by atoms with E-state index in [1.807, 2.05) is 35.0 Å². The molecule has 2 unspecified atom stereocenters. The zero-order valence-corrected chi connectivity index (χ0v) is 17.8. The summed E-state index contributed by atoms with van der Waals surface area (Å²) in [6.45, 7) is 1.53. The fourth-order valence-corrected chi connectivity index (χ4v) is 4.75. The molecule has 3 aromatic rings. The SMILES string of the molecule is COc1cc2nc(C3CCOCC3)cn2cc1C(=O)NC1CC(OC)c2ccccc21. The summed E-state index contributed by atoms with van der Waals surface area (Å²) >= 11 is 0. The Balaban J connectivity index is 1.43. The second-order valence-electron chi connectivity index (χ2n) is 8.19. The van der Waals surface area contributed by atoms with Gasteiger partial charge in [-0.3, -0.25) is 4.79 Å². The van der Waals surface area contributed by atoms with Crippen LogP contribution < -0.4 is 10.1 Å². The molecule has 0 spiro atoms. The van der Waals surface area contributed by atoms with Crippen molar-refractivity contribution < 1.29 is 19.0 Å². The molecule has 1 N–H and O–H groups in total. The maximum atomic E-state index is 13.3. The molecule has 2 aliphatic rings. The van der Waals surface area contributed by atoms with Crippen molar-refractivity contribution in [2.45, 2.75) is 37.3 Å². The maximum Gasteiger partial charge on any atom is 0.257 e. The van der Waals surface area contributed by atoms with Gasteiger partial charge in [-0.15, -0.1) is 0 Å². The Morgan fingerprint density at radius 2 is 1.94 bits per heavy atom. The predicted octanol–water partition coefficient (Wildman–Crippen LogP) is 3.80. The minimum absolute atomic E-state index is 0.0124. The third-order valence-corrected chi connectivity index (χ3v) is 6.44. The van der Waals surface area contributed by atoms with Crippen LogP contribution in [0.1, 0.15) is 64.5 Å². The number of fused-ring (bicyclic) bond motifs is 2. The molecule has 3 heterocycles. The van der Waals surface area contributed by atoms with Crippen LogP contribution in [0.15, 0.2) is 42.7 Å². The number of rotatable bonds is 5. The quantitative estimate of drug-likeness (QED) is 0.678. The molecule has 31 heavy (non-hydrogen) atoms. The van der Waals surface area contributed by atoms with E-state index >= 15 is 0 Å². The van der Waals surface area contributed by atoms with E-state index in [0.29, 0.717) is 23.7 Å². The maximum absolute atomic E-state index is 13.3. The lowest BCUT2D eigenvalue weighted by atomic mass is 9.97. The highest BCUT2D eigenvalue weighted by atomic mass is 16.5. The number of pyridine rings is 1. The molecule has 0 saturated carbocycles. The van der Waals surface area contributed by atoms with Crippen LogP contribution in [-0.4, -0.2) is 42.7 Å². The van der Waals surface area contributed by atoms with E-state index in [9.17, 15) is 4.79 Å². The zero-order chi connectivity index (χ0) is 21.4. The standard InChI is InChI=1S/C24H27N3O4/c1-29-21-11-19(16-5-3-4-6-17(16)21)26-24(28)18-13-27-14-20(15-7-9-31-10-8-15)25-23(27)12-22(18)30-2/h3-6,12-15,19,21H,7-11H2,1-2H3,(H,26,28). The van der Waals surface area contributed by atoms with E-state index in [2.05, 4.69) is 17.4 Å². The van der Waals surface area contributed by atoms with Crippen molar-refractivity contribution >= 4 is 11.6 Å². The van der Waals surface area contributed by atoms with Gasteiger partial charge < -0.3 is 23.9 Å². The fourth-order valence-electron chi connectivity index (χ4n) is 4.75. The van der Waals surface area contributed by atoms with Crippen molar-refractivity contribution in [2.75, 3.05) is 27.4 Å². The van der Waals surface area contributed by atoms with Gasteiger partial charge in [0.05, 0.1) is 30.5 Å². The molecule has 5 rings (SSSR count). The Kier molecular flexibility index (Phi) is 5.38. The lowest BCUT2D eigenvalue weighted by molar-refractivity contribution is 0.0846. The van der Waals surface area contributed by atoms with Crippen LogP contribution in [0.3, 0.4) is 0 Å². The van der Waals surface area contributed by atoms with Crippen LogP contribution in [-0.2, 0) is 9.47 Å². The third-order valence-electron chi connectivity index (χ3n) is 6.44. The summed E-state index contributed by atoms with van der Waals surface area (Å²) in [4.78, 5) is 18.0. The molecule has 1 saturated heterocycles. The van der Waals surface area contributed by atoms with Gasteiger partial charge in [-0.1, -0.05) is 24.3 Å². The molecule has 0 radical (unpaired) electrons. The summed E-state index contributed by atoms with van der Waals surface area (Å²) < 4.78 is 18.6. The highest BCUT2D eigenvalue weighted by Gasteiger charge is 2.32. The number of aromatic nitrogens is 2. The fraction of sp³-hybridized carbons (Fsp3) is 0.417. The molecule has 1 amide bonds. The second-order valence-corrected chi connectivity index (χ2v) is 8.19. The van der Waals surface area contributed by atoms with Gasteiger partial charge >= 0.3 is 0 Å². The van der Waals surface area contributed by atoms with Crippen LogP contribution >= 0.6 is 0 Å². The molecular weight excluding hydrogens is 394 g/mol. The van der Waals surface area contributed by atoms with Crippen molar-refractivity contribution in [1.82, 2.24) is 14.7 Å². The summed E-state index contributed by atoms with van der Waals surface area (Å²) in [6, 6.07) is 9.84. The van der Waals surface area contributed by atoms with Crippen molar-refractivity contribution in [2.24, 2.45) is 0 Å². The molecule has 2 aromatic heterocycles. The Bertz CT molecular complexity index is 1100. The van der Waals surface area contributed by atoms with Crippen molar-refractivity contribution in [3.8, 4) is 5.75 Å². The summed E-state index contributed by atoms with van der Waals surface area (Å²) in [6.07, 6.45) is 6.47. The number of methoxy groups -OCH3 is 2. The predicted molar refractivity (Wildman–Crippen MR) is 116 cm³/mol. The zero-order valence-electron chi connectivity index (χ0n) is 17.8. The first-order valence-electron chi connectivity index (χ1n) is 10.7. The van der Waals surface area contributed by atoms with E-state index in [-0.39, 0.29) is 18.1 Å². The van der Waals surface area contributed by atoms with E-state index in [1.165, 1.54) is 0 Å². The first-order chi connectivity index (χ1) is 15.2. The molecule has 2 atom stereocenters. The number of nitrogens with one attached hydrogen (secondary N) is 1. The lowest BCUT2D eigenvalue weighted by Gasteiger charge is -2.19. The first kappa shape index (κ1) is 20.0. The van der Waals surface area contributed by atoms with Crippen LogP contribution in [0.25, 0.3) is 5.65 Å². The smallest absolute Gasteiger partial charge is 0.257 e. The van der Waals surface area contributed by atoms with Gasteiger partial charge in [-0.05, 0) is 24.0 Å². The molecule has 1 fully saturated rings. The Labute approximate surface area is 181 Å². The summed E-state index contributed by atoms with van der Waals surface area (Å²) in [5, 5.41) is 3.18. The van der Waals surface area contributed by atoms with E-state index in [0.717, 1.165) is 48.5 Å². The number of imidazole rings is 1. The summed E-state index contributed by atoms with van der Waals surface area (Å²) in [7, 11) is 3.29. The van der Waals surface area contributed by atoms with Gasteiger partial charge in [0.15, 0.2) is 0 Å². The minimum Gasteiger partial charge on any atom is -0.496 e. The number of carbonyl (C=O) groups excluding carboxylic acids is 1. The van der Waals surface area contributed by atoms with Crippen molar-refractivity contribution in [3.63, 3.8) is 0 Å². The van der Waals surface area contributed by atoms with Gasteiger partial charge in [-0.25, -0.2) is 4.98 Å². The topological polar surface area (TPSA) is 74.1 Å². The molecule has 7 nitrogen and oxygen atoms in total. The van der Waals surface area contributed by atoms with Gasteiger partial charge in [-0.2, -0.15) is 0 Å². The molecular formula is C24H27N3O4. The third kappa shape index (κ3) is 3.68. The highest BCUT2D eigenvalue weighted by Crippen LogP contribution is 2.40. The lowest BCUT2D eigenvalue weighted by Crippen LogP contribution is -2.28. The van der Waals surface area contributed by atoms with Crippen molar-refractivity contribution in [1.29, 1.82) is 0 Å². The number of amides is 1. The molecule has 1 aliphatic carbocycles. The molecule has 7 heteroatoms. The Hall–Kier alpha value is -2.90. The minimum atomic E-state index is -0.170. The number of benzene rings is 1. The van der Waals surface area contributed by atoms with E-state index in [4.69, 9.17) is 19.2 Å². The summed E-state index contributed by atoms with van der Waals surface area (Å²) in [5.41, 5.74) is 4.54. The molecule has 1 aromatic carbocycles. The van der Waals surface area contributed by atoms with Crippen LogP contribution in [0, 0.1) is 0 Å². The van der Waals surface area contributed by atoms with Crippen LogP contribution in [0.5, 0.6) is 5.75 Å². The molecule has 162 valence electrons. The van der Waals surface area contributed by atoms with Crippen molar-refractivity contribution in [3.05, 3.63) is 65.1 Å². The largest absolute Gasteiger partial charge is 0.496 e. The average molecular weight is 421 g/mol. The number of carbonyl (C=O) groups is 1. The highest BCUT2D eigenvalue weighted by molar-refractivity contribution is 5.97. The second kappa shape index (κ2) is 8.32. The van der Waals surface area contributed by atoms with E-state index < -0.39 is 0 Å². The van der Waals surface area contributed by atoms with Gasteiger partial charge in [0, 0.05) is 51.1 Å². The number of nitrogens with zero attached hydrogens (tertiary/aromatic N) is 2. The monoisotopic (exact) mass is 421 g/mol. The van der Waals surface area contributed by atoms with Gasteiger partial charge in [0.1, 0.15) is 11.4 Å². The number of hydrogen-bond acceptors (Lipinski definition) is 5. The van der Waals surface area contributed by atoms with Gasteiger partial charge in [0.25, 0.3) is 5.91 Å².